The number of carbonyl (C=O) groups excluding carboxylic acids is 1. The molecule has 5 nitrogen and oxygen atoms in total. The molecule has 0 saturated carbocycles. The zero-order chi connectivity index (χ0) is 16.8. The van der Waals surface area contributed by atoms with Gasteiger partial charge in [-0.2, -0.15) is 0 Å². The van der Waals surface area contributed by atoms with Gasteiger partial charge in [0.2, 0.25) is 0 Å². The van der Waals surface area contributed by atoms with Gasteiger partial charge in [-0.1, -0.05) is 24.3 Å². The standard InChI is InChI=1S/C18H21NO4/c1-12(13-8-5-6-9-14(13)21-2)19-18(20)17-15(22-3)10-7-11-16(17)23-4/h5-12H,1-4H3,(H,19,20)/t12-/m1/s1. The summed E-state index contributed by atoms with van der Waals surface area (Å²) in [5.41, 5.74) is 1.27. The van der Waals surface area contributed by atoms with Gasteiger partial charge in [-0.15, -0.1) is 0 Å². The van der Waals surface area contributed by atoms with E-state index >= 15 is 0 Å². The Hall–Kier alpha value is -2.69. The van der Waals surface area contributed by atoms with Gasteiger partial charge >= 0.3 is 0 Å². The van der Waals surface area contributed by atoms with Crippen LogP contribution in [-0.4, -0.2) is 27.2 Å². The van der Waals surface area contributed by atoms with Gasteiger partial charge in [0.1, 0.15) is 22.8 Å². The maximum atomic E-state index is 12.7. The Balaban J connectivity index is 2.29. The van der Waals surface area contributed by atoms with Gasteiger partial charge in [-0.25, -0.2) is 0 Å². The highest BCUT2D eigenvalue weighted by Gasteiger charge is 2.21. The topological polar surface area (TPSA) is 56.8 Å². The first kappa shape index (κ1) is 16.7. The summed E-state index contributed by atoms with van der Waals surface area (Å²) in [6, 6.07) is 12.6. The van der Waals surface area contributed by atoms with Crippen LogP contribution in [0.5, 0.6) is 17.2 Å². The Bertz CT molecular complexity index is 662. The first-order valence-electron chi connectivity index (χ1n) is 7.27. The molecule has 0 bridgehead atoms. The van der Waals surface area contributed by atoms with E-state index in [2.05, 4.69) is 5.32 Å². The minimum absolute atomic E-state index is 0.228. The molecule has 0 radical (unpaired) electrons. The Morgan fingerprint density at radius 1 is 0.870 bits per heavy atom. The number of hydrogen-bond acceptors (Lipinski definition) is 4. The van der Waals surface area contributed by atoms with E-state index in [-0.39, 0.29) is 11.9 Å². The monoisotopic (exact) mass is 315 g/mol. The van der Waals surface area contributed by atoms with Gasteiger partial charge in [0.25, 0.3) is 5.91 Å². The van der Waals surface area contributed by atoms with E-state index < -0.39 is 0 Å². The lowest BCUT2D eigenvalue weighted by atomic mass is 10.1. The minimum atomic E-state index is -0.266. The van der Waals surface area contributed by atoms with Crippen molar-refractivity contribution in [2.75, 3.05) is 21.3 Å². The van der Waals surface area contributed by atoms with Crippen LogP contribution in [0.15, 0.2) is 42.5 Å². The molecule has 0 unspecified atom stereocenters. The maximum Gasteiger partial charge on any atom is 0.259 e. The van der Waals surface area contributed by atoms with E-state index in [0.717, 1.165) is 11.3 Å². The quantitative estimate of drug-likeness (QED) is 0.889. The molecule has 1 atom stereocenters. The van der Waals surface area contributed by atoms with E-state index in [0.29, 0.717) is 17.1 Å². The fourth-order valence-corrected chi connectivity index (χ4v) is 2.45. The molecule has 0 saturated heterocycles. The second-order valence-corrected chi connectivity index (χ2v) is 4.97. The SMILES string of the molecule is COc1ccccc1[C@@H](C)NC(=O)c1c(OC)cccc1OC. The number of para-hydroxylation sites is 1. The average molecular weight is 315 g/mol. The van der Waals surface area contributed by atoms with E-state index in [9.17, 15) is 4.79 Å². The average Bonchev–Trinajstić information content (AvgIpc) is 2.60. The molecule has 0 heterocycles. The van der Waals surface area contributed by atoms with Crippen molar-refractivity contribution in [2.24, 2.45) is 0 Å². The predicted molar refractivity (Wildman–Crippen MR) is 88.4 cm³/mol. The molecule has 1 N–H and O–H groups in total. The highest BCUT2D eigenvalue weighted by atomic mass is 16.5. The van der Waals surface area contributed by atoms with Crippen LogP contribution in [0, 0.1) is 0 Å². The zero-order valence-electron chi connectivity index (χ0n) is 13.8. The lowest BCUT2D eigenvalue weighted by Crippen LogP contribution is -2.27. The van der Waals surface area contributed by atoms with Crippen molar-refractivity contribution in [1.29, 1.82) is 0 Å². The Morgan fingerprint density at radius 3 is 1.96 bits per heavy atom. The van der Waals surface area contributed by atoms with Gasteiger partial charge in [-0.3, -0.25) is 4.79 Å². The Morgan fingerprint density at radius 2 is 1.39 bits per heavy atom. The molecule has 0 fully saturated rings. The van der Waals surface area contributed by atoms with Gasteiger partial charge in [-0.05, 0) is 25.1 Å². The molecular formula is C18H21NO4. The molecule has 0 aliphatic heterocycles. The number of hydrogen-bond donors (Lipinski definition) is 1. The van der Waals surface area contributed by atoms with Crippen molar-refractivity contribution in [3.63, 3.8) is 0 Å². The fraction of sp³-hybridized carbons (Fsp3) is 0.278. The third-order valence-electron chi connectivity index (χ3n) is 3.61. The van der Waals surface area contributed by atoms with Crippen LogP contribution in [0.2, 0.25) is 0 Å². The first-order valence-corrected chi connectivity index (χ1v) is 7.27. The van der Waals surface area contributed by atoms with Crippen LogP contribution < -0.4 is 19.5 Å². The predicted octanol–water partition coefficient (Wildman–Crippen LogP) is 3.20. The van der Waals surface area contributed by atoms with E-state index in [1.165, 1.54) is 14.2 Å². The van der Waals surface area contributed by atoms with Crippen LogP contribution in [0.1, 0.15) is 28.9 Å². The number of rotatable bonds is 6. The summed E-state index contributed by atoms with van der Waals surface area (Å²) in [6.07, 6.45) is 0. The summed E-state index contributed by atoms with van der Waals surface area (Å²) in [5, 5.41) is 2.96. The van der Waals surface area contributed by atoms with Crippen LogP contribution in [-0.2, 0) is 0 Å². The smallest absolute Gasteiger partial charge is 0.259 e. The summed E-state index contributed by atoms with van der Waals surface area (Å²) in [7, 11) is 4.65. The minimum Gasteiger partial charge on any atom is -0.496 e. The van der Waals surface area contributed by atoms with Gasteiger partial charge in [0.15, 0.2) is 0 Å². The van der Waals surface area contributed by atoms with Crippen molar-refractivity contribution in [3.8, 4) is 17.2 Å². The molecular weight excluding hydrogens is 294 g/mol. The van der Waals surface area contributed by atoms with Crippen LogP contribution in [0.25, 0.3) is 0 Å². The summed E-state index contributed by atoms with van der Waals surface area (Å²) in [5.74, 6) is 1.40. The van der Waals surface area contributed by atoms with Crippen molar-refractivity contribution in [3.05, 3.63) is 53.6 Å². The molecule has 0 spiro atoms. The summed E-state index contributed by atoms with van der Waals surface area (Å²) >= 11 is 0. The number of nitrogens with one attached hydrogen (secondary N) is 1. The van der Waals surface area contributed by atoms with Crippen molar-refractivity contribution in [1.82, 2.24) is 5.32 Å². The number of ether oxygens (including phenoxy) is 3. The normalized spacial score (nSPS) is 11.5. The Kier molecular flexibility index (Phi) is 5.46. The fourth-order valence-electron chi connectivity index (χ4n) is 2.45. The molecule has 5 heteroatoms. The van der Waals surface area contributed by atoms with Crippen molar-refractivity contribution in [2.45, 2.75) is 13.0 Å². The molecule has 0 aromatic heterocycles. The van der Waals surface area contributed by atoms with Crippen LogP contribution in [0.4, 0.5) is 0 Å². The molecule has 0 aliphatic carbocycles. The molecule has 1 amide bonds. The summed E-state index contributed by atoms with van der Waals surface area (Å²) in [4.78, 5) is 12.7. The third kappa shape index (κ3) is 3.56. The molecule has 2 aromatic rings. The maximum absolute atomic E-state index is 12.7. The highest BCUT2D eigenvalue weighted by Crippen LogP contribution is 2.30. The molecule has 2 aromatic carbocycles. The van der Waals surface area contributed by atoms with Crippen molar-refractivity contribution < 1.29 is 19.0 Å². The molecule has 0 aliphatic rings. The van der Waals surface area contributed by atoms with E-state index in [1.807, 2.05) is 31.2 Å². The highest BCUT2D eigenvalue weighted by molar-refractivity contribution is 6.00. The lowest BCUT2D eigenvalue weighted by molar-refractivity contribution is 0.0933. The number of methoxy groups -OCH3 is 3. The molecule has 2 rings (SSSR count). The second kappa shape index (κ2) is 7.54. The number of carbonyl (C=O) groups is 1. The second-order valence-electron chi connectivity index (χ2n) is 4.97. The largest absolute Gasteiger partial charge is 0.496 e. The number of benzene rings is 2. The molecule has 23 heavy (non-hydrogen) atoms. The van der Waals surface area contributed by atoms with Gasteiger partial charge in [0, 0.05) is 5.56 Å². The summed E-state index contributed by atoms with van der Waals surface area (Å²) < 4.78 is 15.9. The Labute approximate surface area is 136 Å². The van der Waals surface area contributed by atoms with E-state index in [4.69, 9.17) is 14.2 Å². The van der Waals surface area contributed by atoms with Gasteiger partial charge in [0.05, 0.1) is 27.4 Å². The first-order chi connectivity index (χ1) is 11.1. The lowest BCUT2D eigenvalue weighted by Gasteiger charge is -2.19. The molecule has 122 valence electrons. The third-order valence-corrected chi connectivity index (χ3v) is 3.61. The van der Waals surface area contributed by atoms with Crippen LogP contribution in [0.3, 0.4) is 0 Å². The number of amides is 1. The van der Waals surface area contributed by atoms with E-state index in [1.54, 1.807) is 25.3 Å². The van der Waals surface area contributed by atoms with Crippen LogP contribution >= 0.6 is 0 Å². The van der Waals surface area contributed by atoms with Crippen molar-refractivity contribution >= 4 is 5.91 Å². The zero-order valence-corrected chi connectivity index (χ0v) is 13.8. The summed E-state index contributed by atoms with van der Waals surface area (Å²) in [6.45, 7) is 1.90. The van der Waals surface area contributed by atoms with Gasteiger partial charge < -0.3 is 19.5 Å².